The molecule has 2 heterocycles. The fourth-order valence-corrected chi connectivity index (χ4v) is 3.18. The molecule has 0 saturated heterocycles. The lowest BCUT2D eigenvalue weighted by Gasteiger charge is -2.01. The number of hydrogen-bond acceptors (Lipinski definition) is 6. The number of rotatable bonds is 4. The monoisotopic (exact) mass is 286 g/mol. The van der Waals surface area contributed by atoms with Crippen molar-refractivity contribution in [1.29, 1.82) is 0 Å². The number of ketones is 1. The van der Waals surface area contributed by atoms with Crippen LogP contribution in [0, 0.1) is 0 Å². The average molecular weight is 286 g/mol. The van der Waals surface area contributed by atoms with E-state index in [9.17, 15) is 13.2 Å². The molecule has 96 valence electrons. The van der Waals surface area contributed by atoms with Gasteiger partial charge in [0.1, 0.15) is 10.6 Å². The van der Waals surface area contributed by atoms with Crippen LogP contribution in [0.15, 0.2) is 22.7 Å². The van der Waals surface area contributed by atoms with E-state index in [4.69, 9.17) is 0 Å². The van der Waals surface area contributed by atoms with Crippen molar-refractivity contribution in [2.24, 2.45) is 7.05 Å². The minimum absolute atomic E-state index is 0.0459. The third-order valence-electron chi connectivity index (χ3n) is 2.08. The van der Waals surface area contributed by atoms with Crippen LogP contribution in [0.4, 0.5) is 5.13 Å². The van der Waals surface area contributed by atoms with Gasteiger partial charge in [0.25, 0.3) is 10.0 Å². The summed E-state index contributed by atoms with van der Waals surface area (Å²) in [6, 6.07) is 0. The van der Waals surface area contributed by atoms with Crippen LogP contribution < -0.4 is 4.72 Å². The first-order valence-corrected chi connectivity index (χ1v) is 7.23. The minimum atomic E-state index is -3.70. The van der Waals surface area contributed by atoms with E-state index in [2.05, 4.69) is 14.8 Å². The van der Waals surface area contributed by atoms with E-state index in [1.807, 2.05) is 0 Å². The second-order valence-corrected chi connectivity index (χ2v) is 6.09. The molecule has 0 unspecified atom stereocenters. The van der Waals surface area contributed by atoms with E-state index in [-0.39, 0.29) is 21.5 Å². The number of carbonyl (C=O) groups is 1. The number of hydrogen-bond donors (Lipinski definition) is 1. The highest BCUT2D eigenvalue weighted by molar-refractivity contribution is 7.93. The van der Waals surface area contributed by atoms with Crippen molar-refractivity contribution in [1.82, 2.24) is 14.8 Å². The standard InChI is InChI=1S/C9H10N4O3S2/c1-6(14)8-5-17-9(11-8)12-18(15,16)7-3-10-13(2)4-7/h3-5H,1-2H3,(H,11,12). The third kappa shape index (κ3) is 2.57. The van der Waals surface area contributed by atoms with Gasteiger partial charge in [-0.05, 0) is 0 Å². The molecule has 9 heteroatoms. The van der Waals surface area contributed by atoms with Crippen LogP contribution in [0.1, 0.15) is 17.4 Å². The molecule has 7 nitrogen and oxygen atoms in total. The van der Waals surface area contributed by atoms with Gasteiger partial charge in [-0.15, -0.1) is 11.3 Å². The summed E-state index contributed by atoms with van der Waals surface area (Å²) in [5.74, 6) is -0.210. The molecule has 0 radical (unpaired) electrons. The lowest BCUT2D eigenvalue weighted by Crippen LogP contribution is -2.12. The summed E-state index contributed by atoms with van der Waals surface area (Å²) in [5, 5.41) is 5.44. The van der Waals surface area contributed by atoms with Gasteiger partial charge in [-0.2, -0.15) is 5.10 Å². The van der Waals surface area contributed by atoms with E-state index < -0.39 is 10.0 Å². The van der Waals surface area contributed by atoms with Gasteiger partial charge in [-0.1, -0.05) is 0 Å². The lowest BCUT2D eigenvalue weighted by atomic mass is 10.4. The van der Waals surface area contributed by atoms with Crippen molar-refractivity contribution >= 4 is 32.3 Å². The summed E-state index contributed by atoms with van der Waals surface area (Å²) in [6.45, 7) is 1.37. The maximum absolute atomic E-state index is 11.9. The van der Waals surface area contributed by atoms with Gasteiger partial charge >= 0.3 is 0 Å². The molecule has 0 amide bonds. The van der Waals surface area contributed by atoms with Crippen molar-refractivity contribution in [3.05, 3.63) is 23.5 Å². The summed E-state index contributed by atoms with van der Waals surface area (Å²) < 4.78 is 27.5. The highest BCUT2D eigenvalue weighted by Crippen LogP contribution is 2.19. The Kier molecular flexibility index (Phi) is 3.18. The number of nitrogens with zero attached hydrogens (tertiary/aromatic N) is 3. The Morgan fingerprint density at radius 1 is 1.50 bits per heavy atom. The van der Waals surface area contributed by atoms with Crippen LogP contribution in [-0.2, 0) is 17.1 Å². The first-order valence-electron chi connectivity index (χ1n) is 4.86. The fourth-order valence-electron chi connectivity index (χ4n) is 1.19. The minimum Gasteiger partial charge on any atom is -0.293 e. The fraction of sp³-hybridized carbons (Fsp3) is 0.222. The number of aryl methyl sites for hydroxylation is 1. The summed E-state index contributed by atoms with van der Waals surface area (Å²) in [4.78, 5) is 15.0. The highest BCUT2D eigenvalue weighted by atomic mass is 32.2. The van der Waals surface area contributed by atoms with Crippen LogP contribution in [0.5, 0.6) is 0 Å². The van der Waals surface area contributed by atoms with Crippen molar-refractivity contribution in [2.75, 3.05) is 4.72 Å². The SMILES string of the molecule is CC(=O)c1csc(NS(=O)(=O)c2cnn(C)c2)n1. The number of nitrogens with one attached hydrogen (secondary N) is 1. The molecule has 0 fully saturated rings. The van der Waals surface area contributed by atoms with Crippen LogP contribution in [-0.4, -0.2) is 29.0 Å². The third-order valence-corrected chi connectivity index (χ3v) is 4.26. The van der Waals surface area contributed by atoms with Gasteiger partial charge < -0.3 is 0 Å². The number of carbonyl (C=O) groups excluding carboxylic acids is 1. The number of anilines is 1. The van der Waals surface area contributed by atoms with Gasteiger partial charge in [0, 0.05) is 25.5 Å². The second-order valence-electron chi connectivity index (χ2n) is 3.55. The van der Waals surface area contributed by atoms with E-state index in [1.54, 1.807) is 7.05 Å². The molecule has 0 aliphatic rings. The molecule has 2 aromatic rings. The summed E-state index contributed by atoms with van der Waals surface area (Å²) in [5.41, 5.74) is 0.240. The molecule has 1 N–H and O–H groups in total. The molecule has 18 heavy (non-hydrogen) atoms. The smallest absolute Gasteiger partial charge is 0.266 e. The highest BCUT2D eigenvalue weighted by Gasteiger charge is 2.18. The van der Waals surface area contributed by atoms with Crippen molar-refractivity contribution in [3.63, 3.8) is 0 Å². The Bertz CT molecular complexity index is 686. The predicted molar refractivity (Wildman–Crippen MR) is 66.1 cm³/mol. The first kappa shape index (κ1) is 12.7. The molecule has 2 rings (SSSR count). The molecule has 0 atom stereocenters. The summed E-state index contributed by atoms with van der Waals surface area (Å²) in [6.07, 6.45) is 2.61. The number of aromatic nitrogens is 3. The molecule has 0 spiro atoms. The zero-order valence-corrected chi connectivity index (χ0v) is 11.2. The van der Waals surface area contributed by atoms with Crippen LogP contribution in [0.25, 0.3) is 0 Å². The maximum Gasteiger partial charge on any atom is 0.266 e. The average Bonchev–Trinajstić information content (AvgIpc) is 2.86. The Morgan fingerprint density at radius 2 is 2.22 bits per heavy atom. The van der Waals surface area contributed by atoms with Crippen molar-refractivity contribution < 1.29 is 13.2 Å². The second kappa shape index (κ2) is 4.50. The Balaban J connectivity index is 2.25. The molecule has 2 aromatic heterocycles. The van der Waals surface area contributed by atoms with Gasteiger partial charge in [-0.25, -0.2) is 13.4 Å². The Hall–Kier alpha value is -1.74. The first-order chi connectivity index (χ1) is 8.38. The molecular weight excluding hydrogens is 276 g/mol. The predicted octanol–water partition coefficient (Wildman–Crippen LogP) is 0.880. The van der Waals surface area contributed by atoms with E-state index in [1.165, 1.54) is 29.4 Å². The lowest BCUT2D eigenvalue weighted by molar-refractivity contribution is 0.101. The van der Waals surface area contributed by atoms with E-state index in [0.717, 1.165) is 11.3 Å². The van der Waals surface area contributed by atoms with Gasteiger partial charge in [-0.3, -0.25) is 14.2 Å². The molecule has 0 aliphatic carbocycles. The van der Waals surface area contributed by atoms with Crippen molar-refractivity contribution in [3.8, 4) is 0 Å². The van der Waals surface area contributed by atoms with Crippen LogP contribution in [0.2, 0.25) is 0 Å². The Labute approximate surface area is 108 Å². The summed E-state index contributed by atoms with van der Waals surface area (Å²) >= 11 is 1.06. The molecule has 0 aliphatic heterocycles. The van der Waals surface area contributed by atoms with Crippen LogP contribution >= 0.6 is 11.3 Å². The van der Waals surface area contributed by atoms with Gasteiger partial charge in [0.2, 0.25) is 0 Å². The largest absolute Gasteiger partial charge is 0.293 e. The normalized spacial score (nSPS) is 11.4. The maximum atomic E-state index is 11.9. The Morgan fingerprint density at radius 3 is 2.72 bits per heavy atom. The van der Waals surface area contributed by atoms with Gasteiger partial charge in [0.05, 0.1) is 6.20 Å². The topological polar surface area (TPSA) is 94.0 Å². The number of Topliss-reactive ketones (excluding diaryl/α,β-unsaturated/α-hetero) is 1. The van der Waals surface area contributed by atoms with E-state index in [0.29, 0.717) is 0 Å². The summed E-state index contributed by atoms with van der Waals surface area (Å²) in [7, 11) is -2.08. The molecule has 0 saturated carbocycles. The van der Waals surface area contributed by atoms with Gasteiger partial charge in [0.15, 0.2) is 10.9 Å². The van der Waals surface area contributed by atoms with Crippen molar-refractivity contribution in [2.45, 2.75) is 11.8 Å². The molecule has 0 bridgehead atoms. The van der Waals surface area contributed by atoms with Crippen LogP contribution in [0.3, 0.4) is 0 Å². The zero-order chi connectivity index (χ0) is 13.3. The molecule has 0 aromatic carbocycles. The number of sulfonamides is 1. The zero-order valence-electron chi connectivity index (χ0n) is 9.61. The number of thiazole rings is 1. The quantitative estimate of drug-likeness (QED) is 0.842. The molecular formula is C9H10N4O3S2. The van der Waals surface area contributed by atoms with E-state index >= 15 is 0 Å².